The minimum Gasteiger partial charge on any atom is -0.381 e. The fourth-order valence-corrected chi connectivity index (χ4v) is 2.68. The van der Waals surface area contributed by atoms with Gasteiger partial charge in [0.1, 0.15) is 0 Å². The summed E-state index contributed by atoms with van der Waals surface area (Å²) in [6.07, 6.45) is 1.59. The Morgan fingerprint density at radius 3 is 2.54 bits per heavy atom. The van der Waals surface area contributed by atoms with Gasteiger partial charge in [-0.15, -0.1) is 0 Å². The number of rotatable bonds is 8. The van der Waals surface area contributed by atoms with Crippen LogP contribution in [0.2, 0.25) is 0 Å². The number of H-pyrrole nitrogens is 1. The molecule has 0 saturated heterocycles. The van der Waals surface area contributed by atoms with Gasteiger partial charge in [-0.1, -0.05) is 48.5 Å². The van der Waals surface area contributed by atoms with E-state index in [2.05, 4.69) is 27.6 Å². The van der Waals surface area contributed by atoms with Crippen molar-refractivity contribution in [3.05, 3.63) is 76.2 Å². The lowest BCUT2D eigenvalue weighted by atomic mass is 10.1. The average molecular weight is 351 g/mol. The molecule has 0 bridgehead atoms. The van der Waals surface area contributed by atoms with Gasteiger partial charge in [-0.2, -0.15) is 5.10 Å². The van der Waals surface area contributed by atoms with Crippen LogP contribution < -0.4 is 10.9 Å². The first kappa shape index (κ1) is 17.8. The molecule has 0 aliphatic rings. The fraction of sp³-hybridized carbons (Fsp3) is 0.250. The lowest BCUT2D eigenvalue weighted by Gasteiger charge is -2.07. The van der Waals surface area contributed by atoms with Gasteiger partial charge >= 0.3 is 0 Å². The largest absolute Gasteiger partial charge is 0.381 e. The Bertz CT molecular complexity index is 922. The first-order valence-corrected chi connectivity index (χ1v) is 8.63. The molecule has 3 rings (SSSR count). The van der Waals surface area contributed by atoms with Crippen LogP contribution >= 0.6 is 0 Å². The Kier molecular flexibility index (Phi) is 6.11. The smallest absolute Gasteiger partial charge is 0.272 e. The highest BCUT2D eigenvalue weighted by Gasteiger charge is 2.13. The number of fused-ring (bicyclic) bond motifs is 1. The maximum absolute atomic E-state index is 12.3. The molecular weight excluding hydrogens is 330 g/mol. The van der Waals surface area contributed by atoms with E-state index in [1.54, 1.807) is 24.3 Å². The van der Waals surface area contributed by atoms with E-state index >= 15 is 0 Å². The quantitative estimate of drug-likeness (QED) is 0.610. The molecule has 6 heteroatoms. The zero-order valence-corrected chi connectivity index (χ0v) is 14.4. The van der Waals surface area contributed by atoms with Crippen molar-refractivity contribution < 1.29 is 9.53 Å². The normalized spacial score (nSPS) is 10.8. The Labute approximate surface area is 151 Å². The Morgan fingerprint density at radius 2 is 1.73 bits per heavy atom. The Balaban J connectivity index is 1.42. The molecule has 3 aromatic rings. The first-order valence-electron chi connectivity index (χ1n) is 8.63. The van der Waals surface area contributed by atoms with Crippen LogP contribution in [0.15, 0.2) is 59.4 Å². The zero-order valence-electron chi connectivity index (χ0n) is 14.4. The molecule has 134 valence electrons. The molecule has 0 radical (unpaired) electrons. The Hall–Kier alpha value is -2.99. The summed E-state index contributed by atoms with van der Waals surface area (Å²) in [5.41, 5.74) is 1.17. The summed E-state index contributed by atoms with van der Waals surface area (Å²) in [4.78, 5) is 24.1. The van der Waals surface area contributed by atoms with Crippen LogP contribution in [-0.2, 0) is 11.2 Å². The molecule has 2 aromatic carbocycles. The second-order valence-electron chi connectivity index (χ2n) is 5.90. The molecule has 0 saturated carbocycles. The molecular formula is C20H21N3O3. The van der Waals surface area contributed by atoms with E-state index < -0.39 is 0 Å². The SMILES string of the molecule is O=C(NCCCOCCc1ccccc1)c1n[nH]c(=O)c2ccccc12. The summed E-state index contributed by atoms with van der Waals surface area (Å²) in [5, 5.41) is 10.1. The zero-order chi connectivity index (χ0) is 18.2. The van der Waals surface area contributed by atoms with E-state index in [1.165, 1.54) is 5.56 Å². The highest BCUT2D eigenvalue weighted by molar-refractivity contribution is 6.04. The molecule has 26 heavy (non-hydrogen) atoms. The highest BCUT2D eigenvalue weighted by atomic mass is 16.5. The Morgan fingerprint density at radius 1 is 1.00 bits per heavy atom. The average Bonchev–Trinajstić information content (AvgIpc) is 2.68. The number of nitrogens with one attached hydrogen (secondary N) is 2. The predicted molar refractivity (Wildman–Crippen MR) is 100 cm³/mol. The minimum absolute atomic E-state index is 0.227. The fourth-order valence-electron chi connectivity index (χ4n) is 2.68. The van der Waals surface area contributed by atoms with Crippen molar-refractivity contribution >= 4 is 16.7 Å². The number of aromatic amines is 1. The number of benzene rings is 2. The summed E-state index contributed by atoms with van der Waals surface area (Å²) in [7, 11) is 0. The summed E-state index contributed by atoms with van der Waals surface area (Å²) in [6, 6.07) is 17.1. The van der Waals surface area contributed by atoms with Gasteiger partial charge in [0.15, 0.2) is 5.69 Å². The molecule has 0 aliphatic heterocycles. The predicted octanol–water partition coefficient (Wildman–Crippen LogP) is 2.30. The number of ether oxygens (including phenoxy) is 1. The third-order valence-electron chi connectivity index (χ3n) is 4.04. The van der Waals surface area contributed by atoms with E-state index in [-0.39, 0.29) is 17.2 Å². The molecule has 1 heterocycles. The van der Waals surface area contributed by atoms with Gasteiger partial charge in [-0.3, -0.25) is 9.59 Å². The van der Waals surface area contributed by atoms with Gasteiger partial charge in [0.25, 0.3) is 11.5 Å². The molecule has 0 aliphatic carbocycles. The number of amides is 1. The molecule has 2 N–H and O–H groups in total. The van der Waals surface area contributed by atoms with E-state index in [4.69, 9.17) is 4.74 Å². The molecule has 0 atom stereocenters. The van der Waals surface area contributed by atoms with Crippen molar-refractivity contribution in [3.63, 3.8) is 0 Å². The van der Waals surface area contributed by atoms with E-state index in [0.717, 1.165) is 6.42 Å². The molecule has 0 spiro atoms. The summed E-state index contributed by atoms with van der Waals surface area (Å²) < 4.78 is 5.60. The monoisotopic (exact) mass is 351 g/mol. The topological polar surface area (TPSA) is 84.1 Å². The number of nitrogens with zero attached hydrogens (tertiary/aromatic N) is 1. The van der Waals surface area contributed by atoms with Crippen LogP contribution in [-0.4, -0.2) is 35.9 Å². The van der Waals surface area contributed by atoms with E-state index in [1.807, 2.05) is 18.2 Å². The first-order chi connectivity index (χ1) is 12.8. The number of hydrogen-bond acceptors (Lipinski definition) is 4. The standard InChI is InChI=1S/C20H21N3O3/c24-19-17-10-5-4-9-16(17)18(22-23-19)20(25)21-12-6-13-26-14-11-15-7-2-1-3-8-15/h1-5,7-10H,6,11-14H2,(H,21,25)(H,23,24). The number of aromatic nitrogens is 2. The third kappa shape index (κ3) is 4.55. The lowest BCUT2D eigenvalue weighted by molar-refractivity contribution is 0.0938. The second kappa shape index (κ2) is 8.92. The maximum atomic E-state index is 12.3. The number of carbonyl (C=O) groups is 1. The van der Waals surface area contributed by atoms with E-state index in [9.17, 15) is 9.59 Å². The van der Waals surface area contributed by atoms with Crippen LogP contribution in [0.3, 0.4) is 0 Å². The van der Waals surface area contributed by atoms with Crippen molar-refractivity contribution in [1.29, 1.82) is 0 Å². The van der Waals surface area contributed by atoms with Crippen molar-refractivity contribution in [2.24, 2.45) is 0 Å². The van der Waals surface area contributed by atoms with Crippen LogP contribution in [0.25, 0.3) is 10.8 Å². The van der Waals surface area contributed by atoms with Gasteiger partial charge in [-0.25, -0.2) is 5.10 Å². The summed E-state index contributed by atoms with van der Waals surface area (Å²) >= 11 is 0. The number of carbonyl (C=O) groups excluding carboxylic acids is 1. The third-order valence-corrected chi connectivity index (χ3v) is 4.04. The van der Waals surface area contributed by atoms with Gasteiger partial charge < -0.3 is 10.1 Å². The van der Waals surface area contributed by atoms with Crippen LogP contribution in [0.5, 0.6) is 0 Å². The molecule has 6 nitrogen and oxygen atoms in total. The van der Waals surface area contributed by atoms with E-state index in [0.29, 0.717) is 37.0 Å². The van der Waals surface area contributed by atoms with Gasteiger partial charge in [-0.05, 0) is 24.5 Å². The van der Waals surface area contributed by atoms with Crippen molar-refractivity contribution in [1.82, 2.24) is 15.5 Å². The van der Waals surface area contributed by atoms with Crippen LogP contribution in [0, 0.1) is 0 Å². The van der Waals surface area contributed by atoms with Gasteiger partial charge in [0.05, 0.1) is 12.0 Å². The van der Waals surface area contributed by atoms with Crippen molar-refractivity contribution in [2.75, 3.05) is 19.8 Å². The second-order valence-corrected chi connectivity index (χ2v) is 5.90. The lowest BCUT2D eigenvalue weighted by Crippen LogP contribution is -2.28. The number of hydrogen-bond donors (Lipinski definition) is 2. The van der Waals surface area contributed by atoms with Gasteiger partial charge in [0.2, 0.25) is 0 Å². The summed E-state index contributed by atoms with van der Waals surface area (Å²) in [6.45, 7) is 1.72. The van der Waals surface area contributed by atoms with Crippen molar-refractivity contribution in [3.8, 4) is 0 Å². The van der Waals surface area contributed by atoms with Crippen molar-refractivity contribution in [2.45, 2.75) is 12.8 Å². The molecule has 1 aromatic heterocycles. The molecule has 0 fully saturated rings. The highest BCUT2D eigenvalue weighted by Crippen LogP contribution is 2.11. The van der Waals surface area contributed by atoms with Gasteiger partial charge in [0, 0.05) is 18.5 Å². The van der Waals surface area contributed by atoms with Crippen LogP contribution in [0.4, 0.5) is 0 Å². The molecule has 1 amide bonds. The maximum Gasteiger partial charge on any atom is 0.272 e. The molecule has 0 unspecified atom stereocenters. The minimum atomic E-state index is -0.304. The van der Waals surface area contributed by atoms with Crippen LogP contribution in [0.1, 0.15) is 22.5 Å². The summed E-state index contributed by atoms with van der Waals surface area (Å²) in [5.74, 6) is -0.304.